The number of amides is 1. The number of nitrogens with one attached hydrogen (secondary N) is 2. The van der Waals surface area contributed by atoms with Gasteiger partial charge in [0.25, 0.3) is 5.91 Å². The number of hydrogen-bond donors (Lipinski definition) is 2. The lowest BCUT2D eigenvalue weighted by Gasteiger charge is -2.24. The topological polar surface area (TPSA) is 69.8 Å². The largest absolute Gasteiger partial charge is 0.484 e. The molecule has 7 nitrogen and oxygen atoms in total. The number of carbonyl (C=O) groups is 1. The second-order valence-electron chi connectivity index (χ2n) is 6.84. The van der Waals surface area contributed by atoms with Gasteiger partial charge in [0.2, 0.25) is 5.95 Å². The molecule has 0 radical (unpaired) electrons. The van der Waals surface area contributed by atoms with Crippen molar-refractivity contribution in [3.63, 3.8) is 0 Å². The number of aromatic nitrogens is 2. The third kappa shape index (κ3) is 4.49. The van der Waals surface area contributed by atoms with Crippen LogP contribution in [0.2, 0.25) is 0 Å². The van der Waals surface area contributed by atoms with Gasteiger partial charge in [-0.1, -0.05) is 30.3 Å². The Hall–Kier alpha value is -2.90. The van der Waals surface area contributed by atoms with E-state index >= 15 is 0 Å². The highest BCUT2D eigenvalue weighted by molar-refractivity contribution is 5.92. The second-order valence-corrected chi connectivity index (χ2v) is 6.84. The fraction of sp³-hybridized carbons (Fsp3) is 0.333. The first-order valence-electron chi connectivity index (χ1n) is 9.64. The van der Waals surface area contributed by atoms with E-state index in [9.17, 15) is 4.79 Å². The van der Waals surface area contributed by atoms with E-state index in [2.05, 4.69) is 14.9 Å². The van der Waals surface area contributed by atoms with Gasteiger partial charge < -0.3 is 18.9 Å². The van der Waals surface area contributed by atoms with Crippen LogP contribution in [0.3, 0.4) is 0 Å². The lowest BCUT2D eigenvalue weighted by Crippen LogP contribution is -3.14. The number of rotatable bonds is 7. The molecular formula is C21H25N4O3+. The summed E-state index contributed by atoms with van der Waals surface area (Å²) < 4.78 is 13.1. The number of ether oxygens (including phenoxy) is 2. The predicted molar refractivity (Wildman–Crippen MR) is 107 cm³/mol. The third-order valence-electron chi connectivity index (χ3n) is 4.91. The Morgan fingerprint density at radius 3 is 2.68 bits per heavy atom. The zero-order chi connectivity index (χ0) is 19.2. The molecule has 1 aromatic heterocycles. The van der Waals surface area contributed by atoms with Crippen molar-refractivity contribution < 1.29 is 19.2 Å². The van der Waals surface area contributed by atoms with Gasteiger partial charge in [0.1, 0.15) is 18.8 Å². The highest BCUT2D eigenvalue weighted by Gasteiger charge is 2.17. The first-order chi connectivity index (χ1) is 13.8. The quantitative estimate of drug-likeness (QED) is 0.640. The molecule has 0 spiro atoms. The van der Waals surface area contributed by atoms with Gasteiger partial charge in [0.05, 0.1) is 37.3 Å². The van der Waals surface area contributed by atoms with Crippen LogP contribution in [-0.4, -0.2) is 54.9 Å². The Morgan fingerprint density at radius 1 is 1.11 bits per heavy atom. The second kappa shape index (κ2) is 8.86. The molecule has 28 heavy (non-hydrogen) atoms. The van der Waals surface area contributed by atoms with E-state index in [1.807, 2.05) is 54.6 Å². The molecular weight excluding hydrogens is 356 g/mol. The number of imidazole rings is 1. The van der Waals surface area contributed by atoms with Crippen LogP contribution < -0.4 is 15.0 Å². The van der Waals surface area contributed by atoms with Gasteiger partial charge in [-0.05, 0) is 24.3 Å². The lowest BCUT2D eigenvalue weighted by atomic mass is 10.3. The molecule has 1 fully saturated rings. The summed E-state index contributed by atoms with van der Waals surface area (Å²) in [5, 5.41) is 2.91. The summed E-state index contributed by atoms with van der Waals surface area (Å²) in [5.74, 6) is 1.01. The van der Waals surface area contributed by atoms with E-state index in [4.69, 9.17) is 9.47 Å². The monoisotopic (exact) mass is 381 g/mol. The molecule has 1 aliphatic rings. The maximum absolute atomic E-state index is 12.4. The third-order valence-corrected chi connectivity index (χ3v) is 4.91. The molecule has 0 atom stereocenters. The zero-order valence-electron chi connectivity index (χ0n) is 15.8. The Bertz CT molecular complexity index is 920. The van der Waals surface area contributed by atoms with Crippen LogP contribution in [0.4, 0.5) is 5.95 Å². The molecule has 2 heterocycles. The molecule has 0 unspecified atom stereocenters. The molecule has 2 N–H and O–H groups in total. The van der Waals surface area contributed by atoms with Gasteiger partial charge in [0.15, 0.2) is 6.61 Å². The number of para-hydroxylation sites is 3. The summed E-state index contributed by atoms with van der Waals surface area (Å²) in [5.41, 5.74) is 1.90. The van der Waals surface area contributed by atoms with E-state index in [1.54, 1.807) is 0 Å². The Kier molecular flexibility index (Phi) is 5.84. The maximum Gasteiger partial charge on any atom is 0.264 e. The SMILES string of the molecule is O=C(COc1ccccc1)Nc1nc2ccccc2n1CC[NH+]1CCOCC1. The zero-order valence-corrected chi connectivity index (χ0v) is 15.8. The van der Waals surface area contributed by atoms with Gasteiger partial charge in [-0.15, -0.1) is 0 Å². The lowest BCUT2D eigenvalue weighted by molar-refractivity contribution is -0.908. The van der Waals surface area contributed by atoms with Crippen molar-refractivity contribution >= 4 is 22.9 Å². The maximum atomic E-state index is 12.4. The number of quaternary nitrogens is 1. The standard InChI is InChI=1S/C21H24N4O3/c26-20(16-28-17-6-2-1-3-7-17)23-21-22-18-8-4-5-9-19(18)25(21)11-10-24-12-14-27-15-13-24/h1-9H,10-16H2,(H,22,23,26)/p+1. The summed E-state index contributed by atoms with van der Waals surface area (Å²) in [6, 6.07) is 17.3. The van der Waals surface area contributed by atoms with E-state index < -0.39 is 0 Å². The molecule has 1 saturated heterocycles. The molecule has 7 heteroatoms. The Labute approximate surface area is 163 Å². The number of morpholine rings is 1. The van der Waals surface area contributed by atoms with Gasteiger partial charge in [-0.2, -0.15) is 0 Å². The van der Waals surface area contributed by atoms with Crippen LogP contribution in [0, 0.1) is 0 Å². The minimum absolute atomic E-state index is 0.0536. The number of nitrogens with zero attached hydrogens (tertiary/aromatic N) is 2. The summed E-state index contributed by atoms with van der Waals surface area (Å²) in [4.78, 5) is 18.5. The number of carbonyl (C=O) groups excluding carboxylic acids is 1. The molecule has 146 valence electrons. The highest BCUT2D eigenvalue weighted by Crippen LogP contribution is 2.19. The number of fused-ring (bicyclic) bond motifs is 1. The summed E-state index contributed by atoms with van der Waals surface area (Å²) in [6.07, 6.45) is 0. The van der Waals surface area contributed by atoms with Gasteiger partial charge in [-0.3, -0.25) is 10.1 Å². The number of benzene rings is 2. The average molecular weight is 381 g/mol. The predicted octanol–water partition coefficient (Wildman–Crippen LogP) is 0.969. The Balaban J connectivity index is 1.45. The van der Waals surface area contributed by atoms with Crippen molar-refractivity contribution in [2.45, 2.75) is 6.54 Å². The molecule has 3 aromatic rings. The van der Waals surface area contributed by atoms with Crippen LogP contribution in [0.25, 0.3) is 11.0 Å². The van der Waals surface area contributed by atoms with Crippen LogP contribution in [0.5, 0.6) is 5.75 Å². The van der Waals surface area contributed by atoms with Gasteiger partial charge in [0, 0.05) is 0 Å². The van der Waals surface area contributed by atoms with Crippen LogP contribution in [0.1, 0.15) is 0 Å². The first-order valence-corrected chi connectivity index (χ1v) is 9.64. The first kappa shape index (κ1) is 18.5. The number of anilines is 1. The van der Waals surface area contributed by atoms with Crippen molar-refractivity contribution in [1.29, 1.82) is 0 Å². The fourth-order valence-corrected chi connectivity index (χ4v) is 3.40. The smallest absolute Gasteiger partial charge is 0.264 e. The molecule has 1 aliphatic heterocycles. The van der Waals surface area contributed by atoms with Crippen molar-refractivity contribution in [2.24, 2.45) is 0 Å². The molecule has 0 bridgehead atoms. The number of hydrogen-bond acceptors (Lipinski definition) is 4. The van der Waals surface area contributed by atoms with Gasteiger partial charge in [-0.25, -0.2) is 4.98 Å². The minimum atomic E-state index is -0.223. The van der Waals surface area contributed by atoms with Gasteiger partial charge >= 0.3 is 0 Å². The summed E-state index contributed by atoms with van der Waals surface area (Å²) in [7, 11) is 0. The van der Waals surface area contributed by atoms with Crippen LogP contribution in [-0.2, 0) is 16.1 Å². The minimum Gasteiger partial charge on any atom is -0.484 e. The molecule has 0 saturated carbocycles. The molecule has 4 rings (SSSR count). The normalized spacial score (nSPS) is 14.9. The average Bonchev–Trinajstić information content (AvgIpc) is 3.09. The fourth-order valence-electron chi connectivity index (χ4n) is 3.40. The van der Waals surface area contributed by atoms with Crippen molar-refractivity contribution in [2.75, 3.05) is 44.8 Å². The van der Waals surface area contributed by atoms with E-state index in [1.165, 1.54) is 4.90 Å². The molecule has 2 aromatic carbocycles. The van der Waals surface area contributed by atoms with E-state index in [0.717, 1.165) is 50.4 Å². The van der Waals surface area contributed by atoms with Crippen LogP contribution >= 0.6 is 0 Å². The van der Waals surface area contributed by atoms with E-state index in [-0.39, 0.29) is 12.5 Å². The highest BCUT2D eigenvalue weighted by atomic mass is 16.5. The van der Waals surface area contributed by atoms with E-state index in [0.29, 0.717) is 11.7 Å². The molecule has 0 aliphatic carbocycles. The summed E-state index contributed by atoms with van der Waals surface area (Å²) >= 11 is 0. The molecule has 1 amide bonds. The van der Waals surface area contributed by atoms with Crippen LogP contribution in [0.15, 0.2) is 54.6 Å². The van der Waals surface area contributed by atoms with Crippen molar-refractivity contribution in [3.05, 3.63) is 54.6 Å². The van der Waals surface area contributed by atoms with Crippen molar-refractivity contribution in [3.8, 4) is 5.75 Å². The summed E-state index contributed by atoms with van der Waals surface area (Å²) in [6.45, 7) is 5.33. The van der Waals surface area contributed by atoms with Crippen molar-refractivity contribution in [1.82, 2.24) is 9.55 Å². The Morgan fingerprint density at radius 2 is 1.86 bits per heavy atom.